The average Bonchev–Trinajstić information content (AvgIpc) is 3.43. The lowest BCUT2D eigenvalue weighted by molar-refractivity contribution is -0.202. The van der Waals surface area contributed by atoms with E-state index in [1.807, 2.05) is 0 Å². The molecule has 2 aromatic rings. The van der Waals surface area contributed by atoms with Crippen LogP contribution in [0.2, 0.25) is 0 Å². The van der Waals surface area contributed by atoms with Crippen LogP contribution in [-0.2, 0) is 24.4 Å². The van der Waals surface area contributed by atoms with Crippen LogP contribution < -0.4 is 10.8 Å². The van der Waals surface area contributed by atoms with Crippen molar-refractivity contribution in [2.45, 2.75) is 42.7 Å². The second kappa shape index (κ2) is 12.0. The van der Waals surface area contributed by atoms with E-state index in [0.717, 1.165) is 34.0 Å². The maximum atomic E-state index is 13.7. The lowest BCUT2D eigenvalue weighted by Crippen LogP contribution is -2.62. The number of nitrogens with one attached hydrogen (secondary N) is 2. The van der Waals surface area contributed by atoms with Gasteiger partial charge in [-0.25, -0.2) is 23.5 Å². The fourth-order valence-electron chi connectivity index (χ4n) is 4.15. The van der Waals surface area contributed by atoms with E-state index in [1.54, 1.807) is 37.3 Å². The number of nitrogens with zero attached hydrogens (tertiary/aromatic N) is 3. The van der Waals surface area contributed by atoms with Gasteiger partial charge in [0.1, 0.15) is 10.3 Å². The van der Waals surface area contributed by atoms with Gasteiger partial charge in [0.2, 0.25) is 0 Å². The van der Waals surface area contributed by atoms with E-state index in [-0.39, 0.29) is 29.9 Å². The van der Waals surface area contributed by atoms with Gasteiger partial charge in [0.05, 0.1) is 11.6 Å². The number of carbonyl (C=O) groups is 2. The summed E-state index contributed by atoms with van der Waals surface area (Å²) in [6, 6.07) is 10.5. The van der Waals surface area contributed by atoms with E-state index in [9.17, 15) is 18.0 Å². The first-order chi connectivity index (χ1) is 17.8. The van der Waals surface area contributed by atoms with Gasteiger partial charge in [-0.2, -0.15) is 9.57 Å². The molecule has 2 fully saturated rings. The molecule has 0 aliphatic carbocycles. The van der Waals surface area contributed by atoms with Crippen LogP contribution in [-0.4, -0.2) is 74.7 Å². The molecule has 2 atom stereocenters. The maximum absolute atomic E-state index is 13.7. The third kappa shape index (κ3) is 6.28. The van der Waals surface area contributed by atoms with E-state index in [2.05, 4.69) is 16.9 Å². The van der Waals surface area contributed by atoms with Crippen LogP contribution in [0.1, 0.15) is 31.7 Å². The molecule has 2 aliphatic heterocycles. The summed E-state index contributed by atoms with van der Waals surface area (Å²) >= 11 is 1.08. The summed E-state index contributed by atoms with van der Waals surface area (Å²) in [7, 11) is -4.07. The summed E-state index contributed by atoms with van der Waals surface area (Å²) in [6.45, 7) is 2.67. The standard InChI is InChI=1S/C24H29N5O6S2/c1-2-26-24(31)28-12-13-29(19(16-28)23(30)27-35-21-5-3-4-14-34-21)37(32,33)22-11-10-20(36-22)18-8-6-17(15-25)7-9-18/h6-11,19,21H,2-5,12-14,16H2,1H3,(H,26,31)(H,27,30)/t19-,21?/m1/s1. The van der Waals surface area contributed by atoms with Gasteiger partial charge in [0, 0.05) is 44.1 Å². The number of benzene rings is 1. The number of urea groups is 1. The van der Waals surface area contributed by atoms with Gasteiger partial charge < -0.3 is 15.0 Å². The monoisotopic (exact) mass is 547 g/mol. The molecule has 2 saturated heterocycles. The van der Waals surface area contributed by atoms with E-state index in [4.69, 9.17) is 14.8 Å². The van der Waals surface area contributed by atoms with Crippen LogP contribution in [0.3, 0.4) is 0 Å². The minimum absolute atomic E-state index is 0.0540. The zero-order chi connectivity index (χ0) is 26.4. The van der Waals surface area contributed by atoms with Gasteiger partial charge in [-0.05, 0) is 49.6 Å². The van der Waals surface area contributed by atoms with Crippen LogP contribution in [0.4, 0.5) is 4.79 Å². The Labute approximate surface area is 220 Å². The number of hydrogen-bond donors (Lipinski definition) is 2. The van der Waals surface area contributed by atoms with Crippen molar-refractivity contribution in [2.75, 3.05) is 32.8 Å². The van der Waals surface area contributed by atoms with Crippen molar-refractivity contribution in [3.63, 3.8) is 0 Å². The molecule has 1 unspecified atom stereocenters. The normalized spacial score (nSPS) is 20.7. The predicted molar refractivity (Wildman–Crippen MR) is 136 cm³/mol. The number of ether oxygens (including phenoxy) is 1. The molecule has 37 heavy (non-hydrogen) atoms. The molecule has 3 amide bonds. The van der Waals surface area contributed by atoms with E-state index in [1.165, 1.54) is 11.0 Å². The Kier molecular flexibility index (Phi) is 8.78. The smallest absolute Gasteiger partial charge is 0.317 e. The second-order valence-electron chi connectivity index (χ2n) is 8.60. The third-order valence-corrected chi connectivity index (χ3v) is 9.63. The van der Waals surface area contributed by atoms with Crippen molar-refractivity contribution in [1.82, 2.24) is 20.0 Å². The number of rotatable bonds is 7. The highest BCUT2D eigenvalue weighted by Crippen LogP contribution is 2.33. The molecule has 1 aromatic heterocycles. The van der Waals surface area contributed by atoms with Crippen molar-refractivity contribution in [3.8, 4) is 16.5 Å². The molecule has 13 heteroatoms. The first-order valence-corrected chi connectivity index (χ1v) is 14.3. The molecule has 0 saturated carbocycles. The lowest BCUT2D eigenvalue weighted by atomic mass is 10.1. The van der Waals surface area contributed by atoms with Crippen LogP contribution in [0, 0.1) is 11.3 Å². The van der Waals surface area contributed by atoms with Crippen molar-refractivity contribution in [3.05, 3.63) is 42.0 Å². The molecule has 0 radical (unpaired) electrons. The number of piperazine rings is 1. The highest BCUT2D eigenvalue weighted by Gasteiger charge is 2.42. The average molecular weight is 548 g/mol. The Morgan fingerprint density at radius 3 is 2.65 bits per heavy atom. The van der Waals surface area contributed by atoms with Gasteiger partial charge in [-0.15, -0.1) is 11.3 Å². The molecule has 4 rings (SSSR count). The molecular formula is C24H29N5O6S2. The minimum atomic E-state index is -4.07. The maximum Gasteiger partial charge on any atom is 0.317 e. The first-order valence-electron chi connectivity index (χ1n) is 12.1. The zero-order valence-electron chi connectivity index (χ0n) is 20.4. The molecule has 11 nitrogen and oxygen atoms in total. The van der Waals surface area contributed by atoms with Gasteiger partial charge in [-0.1, -0.05) is 12.1 Å². The lowest BCUT2D eigenvalue weighted by Gasteiger charge is -2.39. The fourth-order valence-corrected chi connectivity index (χ4v) is 7.16. The molecule has 198 valence electrons. The quantitative estimate of drug-likeness (QED) is 0.507. The van der Waals surface area contributed by atoms with E-state index >= 15 is 0 Å². The van der Waals surface area contributed by atoms with Gasteiger partial charge in [-0.3, -0.25) is 4.79 Å². The number of hydroxylamine groups is 1. The highest BCUT2D eigenvalue weighted by atomic mass is 32.2. The third-order valence-electron chi connectivity index (χ3n) is 6.12. The predicted octanol–water partition coefficient (Wildman–Crippen LogP) is 2.27. The topological polar surface area (TPSA) is 141 Å². The summed E-state index contributed by atoms with van der Waals surface area (Å²) < 4.78 is 34.0. The van der Waals surface area contributed by atoms with Gasteiger partial charge in [0.15, 0.2) is 6.29 Å². The Morgan fingerprint density at radius 1 is 1.19 bits per heavy atom. The fraction of sp³-hybridized carbons (Fsp3) is 0.458. The van der Waals surface area contributed by atoms with Crippen molar-refractivity contribution >= 4 is 33.3 Å². The number of nitriles is 1. The number of carbonyl (C=O) groups excluding carboxylic acids is 2. The summed E-state index contributed by atoms with van der Waals surface area (Å²) in [4.78, 5) is 33.2. The van der Waals surface area contributed by atoms with Gasteiger partial charge >= 0.3 is 6.03 Å². The SMILES string of the molecule is CCNC(=O)N1CCN(S(=O)(=O)c2ccc(-c3ccc(C#N)cc3)s2)[C@@H](C(=O)NOC2CCCCO2)C1. The van der Waals surface area contributed by atoms with Crippen molar-refractivity contribution in [2.24, 2.45) is 0 Å². The summed E-state index contributed by atoms with van der Waals surface area (Å²) in [5.41, 5.74) is 3.64. The highest BCUT2D eigenvalue weighted by molar-refractivity contribution is 7.91. The largest absolute Gasteiger partial charge is 0.350 e. The van der Waals surface area contributed by atoms with E-state index < -0.39 is 28.3 Å². The van der Waals surface area contributed by atoms with Crippen LogP contribution in [0.25, 0.3) is 10.4 Å². The second-order valence-corrected chi connectivity index (χ2v) is 11.8. The first kappa shape index (κ1) is 27.0. The molecule has 2 N–H and O–H groups in total. The number of amides is 3. The summed E-state index contributed by atoms with van der Waals surface area (Å²) in [5.74, 6) is -0.671. The van der Waals surface area contributed by atoms with Crippen LogP contribution in [0.5, 0.6) is 0 Å². The van der Waals surface area contributed by atoms with E-state index in [0.29, 0.717) is 30.0 Å². The molecule has 0 spiro atoms. The Morgan fingerprint density at radius 2 is 1.97 bits per heavy atom. The Hall–Kier alpha value is -3.02. The molecule has 2 aliphatic rings. The number of thiophene rings is 1. The molecule has 3 heterocycles. The van der Waals surface area contributed by atoms with Gasteiger partial charge in [0.25, 0.3) is 15.9 Å². The molecule has 1 aromatic carbocycles. The van der Waals surface area contributed by atoms with Crippen LogP contribution >= 0.6 is 11.3 Å². The number of hydrogen-bond acceptors (Lipinski definition) is 8. The van der Waals surface area contributed by atoms with Crippen molar-refractivity contribution in [1.29, 1.82) is 5.26 Å². The Bertz CT molecular complexity index is 1250. The number of sulfonamides is 1. The zero-order valence-corrected chi connectivity index (χ0v) is 22.0. The molecule has 0 bridgehead atoms. The molecular weight excluding hydrogens is 518 g/mol. The van der Waals surface area contributed by atoms with Crippen LogP contribution in [0.15, 0.2) is 40.6 Å². The Balaban J connectivity index is 1.55. The van der Waals surface area contributed by atoms with Crippen molar-refractivity contribution < 1.29 is 27.6 Å². The minimum Gasteiger partial charge on any atom is -0.350 e. The summed E-state index contributed by atoms with van der Waals surface area (Å²) in [5, 5.41) is 11.7. The summed E-state index contributed by atoms with van der Waals surface area (Å²) in [6.07, 6.45) is 1.83.